The second-order valence-corrected chi connectivity index (χ2v) is 6.44. The largest absolute Gasteiger partial charge is 0.459 e. The van der Waals surface area contributed by atoms with Gasteiger partial charge in [-0.2, -0.15) is 0 Å². The molecule has 2 aromatic rings. The van der Waals surface area contributed by atoms with Crippen molar-refractivity contribution in [1.29, 1.82) is 0 Å². The molecule has 1 unspecified atom stereocenters. The summed E-state index contributed by atoms with van der Waals surface area (Å²) in [5, 5.41) is 2.76. The molecule has 0 aliphatic heterocycles. The molecule has 0 aliphatic carbocycles. The van der Waals surface area contributed by atoms with E-state index in [2.05, 4.69) is 10.3 Å². The molecule has 0 radical (unpaired) electrons. The van der Waals surface area contributed by atoms with Gasteiger partial charge in [-0.3, -0.25) is 4.98 Å². The number of urea groups is 1. The van der Waals surface area contributed by atoms with E-state index in [-0.39, 0.29) is 18.6 Å². The number of pyridine rings is 1. The highest BCUT2D eigenvalue weighted by molar-refractivity contribution is 5.83. The molecule has 1 aromatic heterocycles. The molecule has 1 N–H and O–H groups in total. The number of hydrogen-bond donors (Lipinski definition) is 1. The molecule has 26 heavy (non-hydrogen) atoms. The lowest BCUT2D eigenvalue weighted by Crippen LogP contribution is -2.49. The Kier molecular flexibility index (Phi) is 7.14. The van der Waals surface area contributed by atoms with E-state index in [1.807, 2.05) is 62.4 Å². The molecule has 0 aliphatic rings. The molecule has 6 heteroatoms. The summed E-state index contributed by atoms with van der Waals surface area (Å²) >= 11 is 0. The van der Waals surface area contributed by atoms with E-state index in [1.165, 1.54) is 4.90 Å². The summed E-state index contributed by atoms with van der Waals surface area (Å²) in [5.41, 5.74) is 1.68. The zero-order chi connectivity index (χ0) is 18.9. The van der Waals surface area contributed by atoms with Crippen molar-refractivity contribution in [3.8, 4) is 0 Å². The van der Waals surface area contributed by atoms with Crippen molar-refractivity contribution in [2.24, 2.45) is 5.92 Å². The second kappa shape index (κ2) is 9.56. The average molecular weight is 355 g/mol. The minimum atomic E-state index is -0.711. The monoisotopic (exact) mass is 355 g/mol. The fourth-order valence-corrected chi connectivity index (χ4v) is 2.37. The number of benzene rings is 1. The Morgan fingerprint density at radius 1 is 1.12 bits per heavy atom. The zero-order valence-corrected chi connectivity index (χ0v) is 15.4. The van der Waals surface area contributed by atoms with Crippen LogP contribution in [0.5, 0.6) is 0 Å². The fraction of sp³-hybridized carbons (Fsp3) is 0.350. The first kappa shape index (κ1) is 19.4. The van der Waals surface area contributed by atoms with Crippen LogP contribution in [-0.2, 0) is 22.7 Å². The summed E-state index contributed by atoms with van der Waals surface area (Å²) in [5.74, 6) is -0.533. The first-order valence-corrected chi connectivity index (χ1v) is 8.59. The van der Waals surface area contributed by atoms with Gasteiger partial charge >= 0.3 is 12.0 Å². The third-order valence-corrected chi connectivity index (χ3v) is 3.90. The van der Waals surface area contributed by atoms with Gasteiger partial charge in [0.15, 0.2) is 0 Å². The summed E-state index contributed by atoms with van der Waals surface area (Å²) in [6, 6.07) is 13.9. The number of amides is 2. The fourth-order valence-electron chi connectivity index (χ4n) is 2.37. The Labute approximate surface area is 154 Å². The predicted octanol–water partition coefficient (Wildman–Crippen LogP) is 2.99. The van der Waals surface area contributed by atoms with E-state index < -0.39 is 12.0 Å². The number of carbonyl (C=O) groups is 2. The summed E-state index contributed by atoms with van der Waals surface area (Å²) in [6.45, 7) is 4.28. The highest BCUT2D eigenvalue weighted by Crippen LogP contribution is 2.08. The van der Waals surface area contributed by atoms with E-state index in [0.29, 0.717) is 6.54 Å². The lowest BCUT2D eigenvalue weighted by molar-refractivity contribution is -0.148. The Morgan fingerprint density at radius 2 is 1.81 bits per heavy atom. The van der Waals surface area contributed by atoms with Crippen LogP contribution in [0.1, 0.15) is 25.1 Å². The first-order chi connectivity index (χ1) is 12.5. The summed E-state index contributed by atoms with van der Waals surface area (Å²) < 4.78 is 5.37. The Balaban J connectivity index is 1.91. The second-order valence-electron chi connectivity index (χ2n) is 6.44. The lowest BCUT2D eigenvalue weighted by Gasteiger charge is -2.24. The third-order valence-electron chi connectivity index (χ3n) is 3.90. The molecule has 6 nitrogen and oxygen atoms in total. The number of nitrogens with zero attached hydrogens (tertiary/aromatic N) is 2. The smallest absolute Gasteiger partial charge is 0.329 e. The molecule has 0 fully saturated rings. The molecule has 0 saturated carbocycles. The van der Waals surface area contributed by atoms with Crippen molar-refractivity contribution in [3.05, 3.63) is 66.0 Å². The maximum absolute atomic E-state index is 12.4. The molecule has 0 spiro atoms. The lowest BCUT2D eigenvalue weighted by atomic mass is 10.1. The maximum atomic E-state index is 12.4. The van der Waals surface area contributed by atoms with Gasteiger partial charge < -0.3 is 15.0 Å². The standard InChI is InChI=1S/C20H25N3O3/c1-15(2)18(19(24)26-14-16-9-5-4-6-10-16)22-20(25)23(3)13-17-11-7-8-12-21-17/h4-12,15,18H,13-14H2,1-3H3,(H,22,25). The van der Waals surface area contributed by atoms with Gasteiger partial charge in [0.05, 0.1) is 12.2 Å². The molecular weight excluding hydrogens is 330 g/mol. The summed E-state index contributed by atoms with van der Waals surface area (Å²) in [4.78, 5) is 30.5. The Morgan fingerprint density at radius 3 is 2.42 bits per heavy atom. The summed E-state index contributed by atoms with van der Waals surface area (Å²) in [6.07, 6.45) is 1.68. The minimum Gasteiger partial charge on any atom is -0.459 e. The van der Waals surface area contributed by atoms with E-state index in [0.717, 1.165) is 11.3 Å². The predicted molar refractivity (Wildman–Crippen MR) is 99.1 cm³/mol. The molecule has 1 aromatic carbocycles. The third kappa shape index (κ3) is 5.88. The van der Waals surface area contributed by atoms with Crippen LogP contribution in [-0.4, -0.2) is 35.0 Å². The molecule has 138 valence electrons. The molecule has 2 amide bonds. The van der Waals surface area contributed by atoms with E-state index >= 15 is 0 Å². The van der Waals surface area contributed by atoms with E-state index in [9.17, 15) is 9.59 Å². The molecule has 1 atom stereocenters. The van der Waals surface area contributed by atoms with E-state index in [4.69, 9.17) is 4.74 Å². The van der Waals surface area contributed by atoms with Gasteiger partial charge in [-0.15, -0.1) is 0 Å². The van der Waals surface area contributed by atoms with Crippen LogP contribution in [0.25, 0.3) is 0 Å². The van der Waals surface area contributed by atoms with Crippen molar-refractivity contribution in [2.45, 2.75) is 33.0 Å². The molecule has 1 heterocycles. The van der Waals surface area contributed by atoms with Crippen molar-refractivity contribution in [3.63, 3.8) is 0 Å². The van der Waals surface area contributed by atoms with Gasteiger partial charge in [-0.05, 0) is 23.6 Å². The number of rotatable bonds is 7. The van der Waals surface area contributed by atoms with Crippen LogP contribution in [0.2, 0.25) is 0 Å². The molecular formula is C20H25N3O3. The molecule has 2 rings (SSSR count). The van der Waals surface area contributed by atoms with Crippen molar-refractivity contribution >= 4 is 12.0 Å². The number of carbonyl (C=O) groups excluding carboxylic acids is 2. The number of nitrogens with one attached hydrogen (secondary N) is 1. The maximum Gasteiger partial charge on any atom is 0.329 e. The Hall–Kier alpha value is -2.89. The van der Waals surface area contributed by atoms with Crippen LogP contribution in [0.4, 0.5) is 4.79 Å². The van der Waals surface area contributed by atoms with Crippen LogP contribution in [0, 0.1) is 5.92 Å². The number of hydrogen-bond acceptors (Lipinski definition) is 4. The van der Waals surface area contributed by atoms with Crippen LogP contribution < -0.4 is 5.32 Å². The van der Waals surface area contributed by atoms with Crippen LogP contribution in [0.3, 0.4) is 0 Å². The topological polar surface area (TPSA) is 71.5 Å². The van der Waals surface area contributed by atoms with Gasteiger partial charge in [-0.1, -0.05) is 50.2 Å². The first-order valence-electron chi connectivity index (χ1n) is 8.59. The van der Waals surface area contributed by atoms with Crippen molar-refractivity contribution in [1.82, 2.24) is 15.2 Å². The van der Waals surface area contributed by atoms with Gasteiger partial charge in [0, 0.05) is 13.2 Å². The average Bonchev–Trinajstić information content (AvgIpc) is 2.65. The highest BCUT2D eigenvalue weighted by Gasteiger charge is 2.27. The van der Waals surface area contributed by atoms with Crippen molar-refractivity contribution in [2.75, 3.05) is 7.05 Å². The SMILES string of the molecule is CC(C)C(NC(=O)N(C)Cc1ccccn1)C(=O)OCc1ccccc1. The quantitative estimate of drug-likeness (QED) is 0.775. The van der Waals surface area contributed by atoms with E-state index in [1.54, 1.807) is 13.2 Å². The van der Waals surface area contributed by atoms with Gasteiger partial charge in [-0.25, -0.2) is 9.59 Å². The molecule has 0 bridgehead atoms. The number of aromatic nitrogens is 1. The normalized spacial score (nSPS) is 11.7. The Bertz CT molecular complexity index is 705. The van der Waals surface area contributed by atoms with Gasteiger partial charge in [0.1, 0.15) is 12.6 Å². The van der Waals surface area contributed by atoms with Crippen LogP contribution >= 0.6 is 0 Å². The molecule has 0 saturated heterocycles. The van der Waals surface area contributed by atoms with Crippen molar-refractivity contribution < 1.29 is 14.3 Å². The highest BCUT2D eigenvalue weighted by atomic mass is 16.5. The summed E-state index contributed by atoms with van der Waals surface area (Å²) in [7, 11) is 1.66. The zero-order valence-electron chi connectivity index (χ0n) is 15.4. The number of ether oxygens (including phenoxy) is 1. The number of esters is 1. The minimum absolute atomic E-state index is 0.0922. The van der Waals surface area contributed by atoms with Gasteiger partial charge in [0.2, 0.25) is 0 Å². The van der Waals surface area contributed by atoms with Gasteiger partial charge in [0.25, 0.3) is 0 Å². The van der Waals surface area contributed by atoms with Crippen LogP contribution in [0.15, 0.2) is 54.7 Å².